The number of benzene rings is 1. The Bertz CT molecular complexity index is 441. The van der Waals surface area contributed by atoms with E-state index in [-0.39, 0.29) is 0 Å². The molecule has 4 nitrogen and oxygen atoms in total. The molecule has 0 amide bonds. The topological polar surface area (TPSA) is 59.6 Å². The number of rotatable bonds is 7. The first-order chi connectivity index (χ1) is 9.13. The molecule has 0 unspecified atom stereocenters. The number of nitrogens with zero attached hydrogens (tertiary/aromatic N) is 1. The molecular formula is C15H23N3O. The highest BCUT2D eigenvalue weighted by Gasteiger charge is 2.01. The summed E-state index contributed by atoms with van der Waals surface area (Å²) in [6.45, 7) is 10.3. The molecule has 104 valence electrons. The molecule has 0 aliphatic heterocycles. The zero-order valence-corrected chi connectivity index (χ0v) is 11.8. The number of ether oxygens (including phenoxy) is 1. The van der Waals surface area contributed by atoms with Crippen LogP contribution in [-0.4, -0.2) is 19.1 Å². The quantitative estimate of drug-likeness (QED) is 0.449. The summed E-state index contributed by atoms with van der Waals surface area (Å²) in [6.07, 6.45) is 0. The van der Waals surface area contributed by atoms with Gasteiger partial charge in [0.1, 0.15) is 0 Å². The molecule has 1 rings (SSSR count). The zero-order valence-electron chi connectivity index (χ0n) is 11.8. The molecule has 1 aromatic rings. The predicted octanol–water partition coefficient (Wildman–Crippen LogP) is 2.20. The lowest BCUT2D eigenvalue weighted by molar-refractivity contribution is 0.133. The van der Waals surface area contributed by atoms with Crippen molar-refractivity contribution in [3.63, 3.8) is 0 Å². The Morgan fingerprint density at radius 1 is 1.37 bits per heavy atom. The van der Waals surface area contributed by atoms with Gasteiger partial charge in [0, 0.05) is 13.2 Å². The molecule has 19 heavy (non-hydrogen) atoms. The van der Waals surface area contributed by atoms with E-state index in [4.69, 9.17) is 10.5 Å². The molecule has 1 aromatic carbocycles. The van der Waals surface area contributed by atoms with Crippen LogP contribution in [0, 0.1) is 0 Å². The van der Waals surface area contributed by atoms with Crippen molar-refractivity contribution in [1.82, 2.24) is 5.32 Å². The smallest absolute Gasteiger partial charge is 0.189 e. The predicted molar refractivity (Wildman–Crippen MR) is 79.9 cm³/mol. The maximum absolute atomic E-state index is 5.79. The summed E-state index contributed by atoms with van der Waals surface area (Å²) in [5.74, 6) is 0.439. The van der Waals surface area contributed by atoms with Crippen LogP contribution in [0.25, 0.3) is 0 Å². The average Bonchev–Trinajstić information content (AvgIpc) is 2.41. The summed E-state index contributed by atoms with van der Waals surface area (Å²) < 4.78 is 5.44. The summed E-state index contributed by atoms with van der Waals surface area (Å²) >= 11 is 0. The Morgan fingerprint density at radius 3 is 2.68 bits per heavy atom. The molecule has 0 spiro atoms. The Labute approximate surface area is 115 Å². The standard InChI is InChI=1S/C15H23N3O/c1-4-19-11-14-8-6-5-7-13(14)10-18-15(16)17-9-12(2)3/h5-8H,2,4,9-11H2,1,3H3,(H3,16,17,18). The lowest BCUT2D eigenvalue weighted by Gasteiger charge is -2.09. The highest BCUT2D eigenvalue weighted by Crippen LogP contribution is 2.11. The lowest BCUT2D eigenvalue weighted by Crippen LogP contribution is -2.32. The number of nitrogens with two attached hydrogens (primary N) is 1. The van der Waals surface area contributed by atoms with Crippen molar-refractivity contribution >= 4 is 5.96 Å². The molecule has 0 heterocycles. The SMILES string of the molecule is C=C(C)CNC(N)=NCc1ccccc1COCC. The normalized spacial score (nSPS) is 11.4. The molecule has 0 fully saturated rings. The Hall–Kier alpha value is -1.81. The minimum Gasteiger partial charge on any atom is -0.377 e. The van der Waals surface area contributed by atoms with E-state index >= 15 is 0 Å². The van der Waals surface area contributed by atoms with Gasteiger partial charge in [-0.3, -0.25) is 0 Å². The molecule has 0 saturated heterocycles. The maximum Gasteiger partial charge on any atom is 0.189 e. The number of hydrogen-bond acceptors (Lipinski definition) is 2. The fourth-order valence-electron chi connectivity index (χ4n) is 1.53. The fraction of sp³-hybridized carbons (Fsp3) is 0.400. The van der Waals surface area contributed by atoms with Crippen molar-refractivity contribution < 1.29 is 4.74 Å². The average molecular weight is 261 g/mol. The van der Waals surface area contributed by atoms with Crippen molar-refractivity contribution in [2.24, 2.45) is 10.7 Å². The van der Waals surface area contributed by atoms with E-state index in [0.717, 1.165) is 16.7 Å². The number of aliphatic imine (C=N–C) groups is 1. The van der Waals surface area contributed by atoms with Crippen LogP contribution in [0.2, 0.25) is 0 Å². The molecule has 0 bridgehead atoms. The minimum atomic E-state index is 0.439. The first-order valence-electron chi connectivity index (χ1n) is 6.46. The highest BCUT2D eigenvalue weighted by atomic mass is 16.5. The molecule has 0 atom stereocenters. The largest absolute Gasteiger partial charge is 0.377 e. The Kier molecular flexibility index (Phi) is 6.68. The van der Waals surface area contributed by atoms with Crippen LogP contribution < -0.4 is 11.1 Å². The Morgan fingerprint density at radius 2 is 2.05 bits per heavy atom. The second-order valence-electron chi connectivity index (χ2n) is 4.42. The third kappa shape index (κ3) is 6.06. The number of hydrogen-bond donors (Lipinski definition) is 2. The first kappa shape index (κ1) is 15.2. The van der Waals surface area contributed by atoms with Crippen LogP contribution >= 0.6 is 0 Å². The van der Waals surface area contributed by atoms with Crippen molar-refractivity contribution in [1.29, 1.82) is 0 Å². The van der Waals surface area contributed by atoms with Crippen LogP contribution in [0.3, 0.4) is 0 Å². The van der Waals surface area contributed by atoms with E-state index in [1.807, 2.05) is 32.0 Å². The van der Waals surface area contributed by atoms with E-state index in [1.54, 1.807) is 0 Å². The molecule has 0 aliphatic carbocycles. The van der Waals surface area contributed by atoms with Gasteiger partial charge in [-0.05, 0) is 25.0 Å². The van der Waals surface area contributed by atoms with Gasteiger partial charge in [0.15, 0.2) is 5.96 Å². The zero-order chi connectivity index (χ0) is 14.1. The molecule has 0 aromatic heterocycles. The van der Waals surface area contributed by atoms with Crippen LogP contribution in [0.1, 0.15) is 25.0 Å². The lowest BCUT2D eigenvalue weighted by atomic mass is 10.1. The van der Waals surface area contributed by atoms with Gasteiger partial charge >= 0.3 is 0 Å². The molecule has 4 heteroatoms. The van der Waals surface area contributed by atoms with Crippen molar-refractivity contribution in [3.05, 3.63) is 47.5 Å². The molecule has 0 saturated carbocycles. The summed E-state index contributed by atoms with van der Waals surface area (Å²) in [7, 11) is 0. The summed E-state index contributed by atoms with van der Waals surface area (Å²) in [5, 5.41) is 3.01. The van der Waals surface area contributed by atoms with Gasteiger partial charge in [-0.1, -0.05) is 36.4 Å². The monoisotopic (exact) mass is 261 g/mol. The number of nitrogens with one attached hydrogen (secondary N) is 1. The maximum atomic E-state index is 5.79. The highest BCUT2D eigenvalue weighted by molar-refractivity contribution is 5.78. The van der Waals surface area contributed by atoms with Crippen LogP contribution in [0.5, 0.6) is 0 Å². The second-order valence-corrected chi connectivity index (χ2v) is 4.42. The molecule has 0 radical (unpaired) electrons. The second kappa shape index (κ2) is 8.32. The Balaban J connectivity index is 2.60. The van der Waals surface area contributed by atoms with Gasteiger partial charge in [0.05, 0.1) is 13.2 Å². The van der Waals surface area contributed by atoms with Gasteiger partial charge in [0.25, 0.3) is 0 Å². The third-order valence-electron chi connectivity index (χ3n) is 2.57. The van der Waals surface area contributed by atoms with Crippen molar-refractivity contribution in [2.45, 2.75) is 27.0 Å². The van der Waals surface area contributed by atoms with E-state index in [0.29, 0.717) is 32.3 Å². The third-order valence-corrected chi connectivity index (χ3v) is 2.57. The van der Waals surface area contributed by atoms with E-state index in [1.165, 1.54) is 0 Å². The van der Waals surface area contributed by atoms with Crippen molar-refractivity contribution in [3.8, 4) is 0 Å². The van der Waals surface area contributed by atoms with Gasteiger partial charge in [-0.25, -0.2) is 4.99 Å². The van der Waals surface area contributed by atoms with Crippen LogP contribution in [-0.2, 0) is 17.9 Å². The molecule has 3 N–H and O–H groups in total. The first-order valence-corrected chi connectivity index (χ1v) is 6.46. The van der Waals surface area contributed by atoms with E-state index in [2.05, 4.69) is 23.0 Å². The van der Waals surface area contributed by atoms with Crippen molar-refractivity contribution in [2.75, 3.05) is 13.2 Å². The number of guanidine groups is 1. The van der Waals surface area contributed by atoms with Crippen LogP contribution in [0.15, 0.2) is 41.4 Å². The summed E-state index contributed by atoms with van der Waals surface area (Å²) in [5.41, 5.74) is 9.10. The van der Waals surface area contributed by atoms with Gasteiger partial charge in [0.2, 0.25) is 0 Å². The van der Waals surface area contributed by atoms with Gasteiger partial charge < -0.3 is 15.8 Å². The van der Waals surface area contributed by atoms with E-state index in [9.17, 15) is 0 Å². The molecular weight excluding hydrogens is 238 g/mol. The minimum absolute atomic E-state index is 0.439. The summed E-state index contributed by atoms with van der Waals surface area (Å²) in [4.78, 5) is 4.32. The molecule has 0 aliphatic rings. The van der Waals surface area contributed by atoms with Gasteiger partial charge in [-0.2, -0.15) is 0 Å². The van der Waals surface area contributed by atoms with Crippen LogP contribution in [0.4, 0.5) is 0 Å². The van der Waals surface area contributed by atoms with E-state index < -0.39 is 0 Å². The summed E-state index contributed by atoms with van der Waals surface area (Å²) in [6, 6.07) is 8.10. The fourth-order valence-corrected chi connectivity index (χ4v) is 1.53. The van der Waals surface area contributed by atoms with Gasteiger partial charge in [-0.15, -0.1) is 0 Å².